The van der Waals surface area contributed by atoms with Crippen molar-refractivity contribution < 1.29 is 13.9 Å². The molecule has 6 heteroatoms. The Balaban J connectivity index is 3.23. The highest BCUT2D eigenvalue weighted by Crippen LogP contribution is 2.30. The minimum Gasteiger partial charge on any atom is -0.504 e. The van der Waals surface area contributed by atoms with Crippen molar-refractivity contribution in [3.63, 3.8) is 0 Å². The first-order valence-corrected chi connectivity index (χ1v) is 3.74. The summed E-state index contributed by atoms with van der Waals surface area (Å²) < 4.78 is 24.3. The average molecular weight is 239 g/mol. The van der Waals surface area contributed by atoms with Gasteiger partial charge in [-0.3, -0.25) is 0 Å². The van der Waals surface area contributed by atoms with Crippen LogP contribution in [0.2, 0.25) is 0 Å². The van der Waals surface area contributed by atoms with E-state index in [4.69, 9.17) is 10.8 Å². The monoisotopic (exact) mass is 238 g/mol. The van der Waals surface area contributed by atoms with Crippen molar-refractivity contribution in [3.05, 3.63) is 16.2 Å². The number of hydrogen-bond donors (Lipinski definition) is 2. The summed E-state index contributed by atoms with van der Waals surface area (Å²) >= 11 is 2.82. The van der Waals surface area contributed by atoms with Crippen molar-refractivity contribution in [1.29, 1.82) is 0 Å². The third-order valence-corrected chi connectivity index (χ3v) is 1.85. The maximum Gasteiger partial charge on any atom is 0.281 e. The van der Waals surface area contributed by atoms with Gasteiger partial charge in [0, 0.05) is 4.47 Å². The van der Waals surface area contributed by atoms with Crippen LogP contribution >= 0.6 is 15.9 Å². The highest BCUT2D eigenvalue weighted by atomic mass is 79.9. The van der Waals surface area contributed by atoms with E-state index in [1.165, 1.54) is 0 Å². The van der Waals surface area contributed by atoms with Crippen molar-refractivity contribution in [2.45, 2.75) is 6.43 Å². The average Bonchev–Trinajstić information content (AvgIpc) is 1.96. The minimum atomic E-state index is -2.71. The van der Waals surface area contributed by atoms with Crippen LogP contribution in [-0.2, 0) is 0 Å². The van der Waals surface area contributed by atoms with Gasteiger partial charge in [0.15, 0.2) is 11.6 Å². The Kier molecular flexibility index (Phi) is 2.46. The predicted molar refractivity (Wildman–Crippen MR) is 43.0 cm³/mol. The number of nitrogens with two attached hydrogens (primary N) is 1. The number of rotatable bonds is 1. The Bertz CT molecular complexity index is 306. The van der Waals surface area contributed by atoms with E-state index in [2.05, 4.69) is 20.9 Å². The second-order valence-electron chi connectivity index (χ2n) is 2.06. The van der Waals surface area contributed by atoms with Gasteiger partial charge in [0.2, 0.25) is 0 Å². The number of anilines is 1. The molecule has 3 nitrogen and oxygen atoms in total. The molecule has 0 aliphatic heterocycles. The number of halogens is 3. The molecular weight excluding hydrogens is 234 g/mol. The maximum atomic E-state index is 12.1. The van der Waals surface area contributed by atoms with Crippen LogP contribution in [0.3, 0.4) is 0 Å². The summed E-state index contributed by atoms with van der Waals surface area (Å²) in [6.07, 6.45) is -2.71. The standard InChI is InChI=1S/C6H5BrF2N2O/c7-2-1-3(12)6(10)11-4(2)5(8)9/h1,5,12H,(H2,10,11). The molecule has 1 aromatic rings. The first kappa shape index (κ1) is 9.18. The van der Waals surface area contributed by atoms with Gasteiger partial charge in [0.05, 0.1) is 0 Å². The fourth-order valence-electron chi connectivity index (χ4n) is 0.661. The van der Waals surface area contributed by atoms with Crippen LogP contribution < -0.4 is 5.73 Å². The van der Waals surface area contributed by atoms with Gasteiger partial charge in [-0.2, -0.15) is 0 Å². The van der Waals surface area contributed by atoms with Crippen LogP contribution in [0.1, 0.15) is 12.1 Å². The molecule has 0 bridgehead atoms. The van der Waals surface area contributed by atoms with Gasteiger partial charge in [-0.1, -0.05) is 0 Å². The number of hydrogen-bond acceptors (Lipinski definition) is 3. The summed E-state index contributed by atoms with van der Waals surface area (Å²) in [4.78, 5) is 3.30. The Morgan fingerprint density at radius 1 is 1.58 bits per heavy atom. The second kappa shape index (κ2) is 3.22. The SMILES string of the molecule is Nc1nc(C(F)F)c(Br)cc1O. The Morgan fingerprint density at radius 2 is 2.17 bits per heavy atom. The van der Waals surface area contributed by atoms with E-state index >= 15 is 0 Å². The summed E-state index contributed by atoms with van der Waals surface area (Å²) in [6.45, 7) is 0. The number of alkyl halides is 2. The summed E-state index contributed by atoms with van der Waals surface area (Å²) in [7, 11) is 0. The van der Waals surface area contributed by atoms with Gasteiger partial charge in [0.25, 0.3) is 6.43 Å². The molecule has 0 spiro atoms. The summed E-state index contributed by atoms with van der Waals surface area (Å²) in [5.74, 6) is -0.611. The Hall–Kier alpha value is -0.910. The van der Waals surface area contributed by atoms with Gasteiger partial charge in [-0.15, -0.1) is 0 Å². The van der Waals surface area contributed by atoms with Crippen LogP contribution in [0.25, 0.3) is 0 Å². The third-order valence-electron chi connectivity index (χ3n) is 1.22. The van der Waals surface area contributed by atoms with Crippen LogP contribution in [0.15, 0.2) is 10.5 Å². The van der Waals surface area contributed by atoms with Crippen LogP contribution in [0.5, 0.6) is 5.75 Å². The van der Waals surface area contributed by atoms with E-state index in [9.17, 15) is 8.78 Å². The van der Waals surface area contributed by atoms with E-state index in [0.717, 1.165) is 6.07 Å². The molecule has 0 aliphatic rings. The highest BCUT2D eigenvalue weighted by molar-refractivity contribution is 9.10. The minimum absolute atomic E-state index is 0.0456. The second-order valence-corrected chi connectivity index (χ2v) is 2.91. The van der Waals surface area contributed by atoms with Crippen molar-refractivity contribution in [3.8, 4) is 5.75 Å². The molecule has 0 unspecified atom stereocenters. The van der Waals surface area contributed by atoms with Crippen molar-refractivity contribution in [2.24, 2.45) is 0 Å². The molecule has 3 N–H and O–H groups in total. The lowest BCUT2D eigenvalue weighted by atomic mass is 10.3. The normalized spacial score (nSPS) is 10.7. The maximum absolute atomic E-state index is 12.1. The number of nitrogen functional groups attached to an aromatic ring is 1. The Labute approximate surface area is 75.3 Å². The fraction of sp³-hybridized carbons (Fsp3) is 0.167. The van der Waals surface area contributed by atoms with E-state index in [0.29, 0.717) is 0 Å². The molecule has 1 aromatic heterocycles. The van der Waals surface area contributed by atoms with E-state index in [1.807, 2.05) is 0 Å². The Morgan fingerprint density at radius 3 is 2.67 bits per heavy atom. The van der Waals surface area contributed by atoms with Gasteiger partial charge < -0.3 is 10.8 Å². The lowest BCUT2D eigenvalue weighted by Crippen LogP contribution is -1.97. The van der Waals surface area contributed by atoms with Crippen LogP contribution in [0.4, 0.5) is 14.6 Å². The van der Waals surface area contributed by atoms with Crippen LogP contribution in [0, 0.1) is 0 Å². The zero-order chi connectivity index (χ0) is 9.30. The summed E-state index contributed by atoms with van der Waals surface area (Å²) in [5.41, 5.74) is 4.64. The molecule has 0 saturated heterocycles. The van der Waals surface area contributed by atoms with Gasteiger partial charge in [-0.25, -0.2) is 13.8 Å². The molecule has 1 rings (SSSR count). The molecule has 0 aliphatic carbocycles. The number of pyridine rings is 1. The van der Waals surface area contributed by atoms with E-state index in [1.54, 1.807) is 0 Å². The smallest absolute Gasteiger partial charge is 0.281 e. The quantitative estimate of drug-likeness (QED) is 0.788. The largest absolute Gasteiger partial charge is 0.504 e. The van der Waals surface area contributed by atoms with E-state index in [-0.39, 0.29) is 16.0 Å². The van der Waals surface area contributed by atoms with Crippen molar-refractivity contribution in [1.82, 2.24) is 4.98 Å². The van der Waals surface area contributed by atoms with Crippen LogP contribution in [-0.4, -0.2) is 10.1 Å². The van der Waals surface area contributed by atoms with Gasteiger partial charge >= 0.3 is 0 Å². The molecule has 0 amide bonds. The molecular formula is C6H5BrF2N2O. The summed E-state index contributed by atoms with van der Waals surface area (Å²) in [6, 6.07) is 1.09. The highest BCUT2D eigenvalue weighted by Gasteiger charge is 2.15. The zero-order valence-corrected chi connectivity index (χ0v) is 7.35. The molecule has 0 atom stereocenters. The van der Waals surface area contributed by atoms with Crippen molar-refractivity contribution in [2.75, 3.05) is 5.73 Å². The molecule has 0 saturated carbocycles. The molecule has 12 heavy (non-hydrogen) atoms. The third kappa shape index (κ3) is 1.63. The molecule has 0 fully saturated rings. The molecule has 66 valence electrons. The number of aromatic hydroxyl groups is 1. The predicted octanol–water partition coefficient (Wildman–Crippen LogP) is 2.07. The van der Waals surface area contributed by atoms with Gasteiger partial charge in [0.1, 0.15) is 5.69 Å². The summed E-state index contributed by atoms with van der Waals surface area (Å²) in [5, 5.41) is 8.94. The number of aromatic nitrogens is 1. The van der Waals surface area contributed by atoms with Gasteiger partial charge in [-0.05, 0) is 22.0 Å². The molecule has 1 heterocycles. The van der Waals surface area contributed by atoms with Crippen molar-refractivity contribution >= 4 is 21.7 Å². The fourth-order valence-corrected chi connectivity index (χ4v) is 1.14. The molecule has 0 radical (unpaired) electrons. The first-order valence-electron chi connectivity index (χ1n) is 2.95. The lowest BCUT2D eigenvalue weighted by Gasteiger charge is -2.04. The van der Waals surface area contributed by atoms with E-state index < -0.39 is 12.1 Å². The topological polar surface area (TPSA) is 59.1 Å². The lowest BCUT2D eigenvalue weighted by molar-refractivity contribution is 0.145. The molecule has 0 aromatic carbocycles. The number of nitrogens with zero attached hydrogens (tertiary/aromatic N) is 1. The first-order chi connectivity index (χ1) is 5.52. The zero-order valence-electron chi connectivity index (χ0n) is 5.76.